The average Bonchev–Trinajstić information content (AvgIpc) is 3.27. The Morgan fingerprint density at radius 3 is 2.84 bits per heavy atom. The standard InChI is InChI=1S/C18H15N3O2S2/c1-12-19-13(10-24-12)11-25-18-20-16-7-3-2-6-15(16)17(22)21(18)9-14-5-4-8-23-14/h2-8,10H,9,11H2,1H3. The fourth-order valence-corrected chi connectivity index (χ4v) is 4.18. The maximum atomic E-state index is 12.9. The lowest BCUT2D eigenvalue weighted by Crippen LogP contribution is -2.23. The molecular weight excluding hydrogens is 354 g/mol. The van der Waals surface area contributed by atoms with E-state index in [9.17, 15) is 4.79 Å². The number of nitrogens with zero attached hydrogens (tertiary/aromatic N) is 3. The zero-order chi connectivity index (χ0) is 17.2. The second-order valence-corrected chi connectivity index (χ2v) is 7.53. The summed E-state index contributed by atoms with van der Waals surface area (Å²) in [5, 5.41) is 4.36. The first kappa shape index (κ1) is 16.1. The fourth-order valence-electron chi connectivity index (χ4n) is 2.57. The van der Waals surface area contributed by atoms with Crippen LogP contribution in [0.1, 0.15) is 16.5 Å². The van der Waals surface area contributed by atoms with Gasteiger partial charge >= 0.3 is 0 Å². The predicted octanol–water partition coefficient (Wildman–Crippen LogP) is 4.10. The van der Waals surface area contributed by atoms with E-state index in [2.05, 4.69) is 4.98 Å². The van der Waals surface area contributed by atoms with Crippen molar-refractivity contribution in [3.05, 3.63) is 74.9 Å². The van der Waals surface area contributed by atoms with Gasteiger partial charge in [0.1, 0.15) is 5.76 Å². The molecule has 0 amide bonds. The maximum Gasteiger partial charge on any atom is 0.262 e. The van der Waals surface area contributed by atoms with Crippen molar-refractivity contribution in [2.45, 2.75) is 24.4 Å². The number of hydrogen-bond acceptors (Lipinski definition) is 6. The second-order valence-electron chi connectivity index (χ2n) is 5.53. The largest absolute Gasteiger partial charge is 0.467 e. The highest BCUT2D eigenvalue weighted by Gasteiger charge is 2.13. The molecule has 4 aromatic rings. The second kappa shape index (κ2) is 6.85. The van der Waals surface area contributed by atoms with Crippen LogP contribution in [0.3, 0.4) is 0 Å². The highest BCUT2D eigenvalue weighted by Crippen LogP contribution is 2.23. The van der Waals surface area contributed by atoms with Crippen LogP contribution < -0.4 is 5.56 Å². The topological polar surface area (TPSA) is 60.9 Å². The molecular formula is C18H15N3O2S2. The molecule has 3 heterocycles. The van der Waals surface area contributed by atoms with Crippen molar-refractivity contribution in [3.63, 3.8) is 0 Å². The molecule has 25 heavy (non-hydrogen) atoms. The molecule has 0 N–H and O–H groups in total. The number of para-hydroxylation sites is 1. The fraction of sp³-hybridized carbons (Fsp3) is 0.167. The number of rotatable bonds is 5. The summed E-state index contributed by atoms with van der Waals surface area (Å²) < 4.78 is 7.09. The molecule has 5 nitrogen and oxygen atoms in total. The van der Waals surface area contributed by atoms with Gasteiger partial charge in [-0.05, 0) is 31.2 Å². The first-order valence-corrected chi connectivity index (χ1v) is 9.63. The minimum Gasteiger partial charge on any atom is -0.467 e. The van der Waals surface area contributed by atoms with E-state index in [-0.39, 0.29) is 5.56 Å². The van der Waals surface area contributed by atoms with Gasteiger partial charge in [0.15, 0.2) is 5.16 Å². The molecule has 0 unspecified atom stereocenters. The van der Waals surface area contributed by atoms with Gasteiger partial charge in [0.05, 0.1) is 34.4 Å². The highest BCUT2D eigenvalue weighted by molar-refractivity contribution is 7.98. The van der Waals surface area contributed by atoms with Gasteiger partial charge in [-0.2, -0.15) is 0 Å². The molecule has 0 fully saturated rings. The van der Waals surface area contributed by atoms with Gasteiger partial charge in [0, 0.05) is 11.1 Å². The molecule has 0 bridgehead atoms. The van der Waals surface area contributed by atoms with Crippen LogP contribution in [0.15, 0.2) is 62.4 Å². The number of aryl methyl sites for hydroxylation is 1. The quantitative estimate of drug-likeness (QED) is 0.392. The Morgan fingerprint density at radius 2 is 2.08 bits per heavy atom. The van der Waals surface area contributed by atoms with Crippen LogP contribution in [-0.4, -0.2) is 14.5 Å². The lowest BCUT2D eigenvalue weighted by atomic mass is 10.2. The third-order valence-corrected chi connectivity index (χ3v) is 5.57. The SMILES string of the molecule is Cc1nc(CSc2nc3ccccc3c(=O)n2Cc2ccco2)cs1. The Hall–Kier alpha value is -2.38. The first-order chi connectivity index (χ1) is 12.2. The van der Waals surface area contributed by atoms with E-state index in [1.165, 1.54) is 11.8 Å². The summed E-state index contributed by atoms with van der Waals surface area (Å²) in [6, 6.07) is 11.1. The Labute approximate surface area is 152 Å². The molecule has 1 aromatic carbocycles. The van der Waals surface area contributed by atoms with Crippen molar-refractivity contribution in [2.24, 2.45) is 0 Å². The number of thioether (sulfide) groups is 1. The molecule has 4 rings (SSSR count). The van der Waals surface area contributed by atoms with E-state index < -0.39 is 0 Å². The van der Waals surface area contributed by atoms with Gasteiger partial charge < -0.3 is 4.42 Å². The van der Waals surface area contributed by atoms with Gasteiger partial charge in [-0.25, -0.2) is 9.97 Å². The van der Waals surface area contributed by atoms with Crippen LogP contribution in [-0.2, 0) is 12.3 Å². The van der Waals surface area contributed by atoms with Crippen molar-refractivity contribution >= 4 is 34.0 Å². The van der Waals surface area contributed by atoms with Crippen molar-refractivity contribution in [2.75, 3.05) is 0 Å². The molecule has 0 aliphatic rings. The Morgan fingerprint density at radius 1 is 1.20 bits per heavy atom. The molecule has 0 saturated carbocycles. The van der Waals surface area contributed by atoms with Crippen molar-refractivity contribution in [1.82, 2.24) is 14.5 Å². The molecule has 0 aliphatic carbocycles. The number of thiazole rings is 1. The smallest absolute Gasteiger partial charge is 0.262 e. The summed E-state index contributed by atoms with van der Waals surface area (Å²) in [5.74, 6) is 1.40. The van der Waals surface area contributed by atoms with Crippen molar-refractivity contribution in [1.29, 1.82) is 0 Å². The summed E-state index contributed by atoms with van der Waals surface area (Å²) in [5.41, 5.74) is 1.65. The zero-order valence-corrected chi connectivity index (χ0v) is 15.1. The van der Waals surface area contributed by atoms with Crippen molar-refractivity contribution < 1.29 is 4.42 Å². The highest BCUT2D eigenvalue weighted by atomic mass is 32.2. The van der Waals surface area contributed by atoms with E-state index in [1.54, 1.807) is 22.2 Å². The monoisotopic (exact) mass is 369 g/mol. The Bertz CT molecular complexity index is 1070. The number of benzene rings is 1. The number of fused-ring (bicyclic) bond motifs is 1. The zero-order valence-electron chi connectivity index (χ0n) is 13.5. The molecule has 0 atom stereocenters. The van der Waals surface area contributed by atoms with Crippen LogP contribution >= 0.6 is 23.1 Å². The number of hydrogen-bond donors (Lipinski definition) is 0. The maximum absolute atomic E-state index is 12.9. The molecule has 3 aromatic heterocycles. The molecule has 7 heteroatoms. The minimum atomic E-state index is -0.0565. The van der Waals surface area contributed by atoms with Gasteiger partial charge in [0.2, 0.25) is 0 Å². The van der Waals surface area contributed by atoms with Crippen LogP contribution in [0.4, 0.5) is 0 Å². The number of furan rings is 1. The van der Waals surface area contributed by atoms with E-state index in [0.717, 1.165) is 16.5 Å². The summed E-state index contributed by atoms with van der Waals surface area (Å²) in [6.45, 7) is 2.35. The van der Waals surface area contributed by atoms with Gasteiger partial charge in [0.25, 0.3) is 5.56 Å². The predicted molar refractivity (Wildman–Crippen MR) is 100 cm³/mol. The van der Waals surface area contributed by atoms with Crippen LogP contribution in [0, 0.1) is 6.92 Å². The van der Waals surface area contributed by atoms with E-state index in [1.807, 2.05) is 48.7 Å². The minimum absolute atomic E-state index is 0.0565. The third-order valence-electron chi connectivity index (χ3n) is 3.74. The van der Waals surface area contributed by atoms with E-state index in [4.69, 9.17) is 9.40 Å². The third kappa shape index (κ3) is 3.38. The van der Waals surface area contributed by atoms with Gasteiger partial charge in [-0.1, -0.05) is 23.9 Å². The summed E-state index contributed by atoms with van der Waals surface area (Å²) >= 11 is 3.14. The van der Waals surface area contributed by atoms with Gasteiger partial charge in [-0.15, -0.1) is 11.3 Å². The lowest BCUT2D eigenvalue weighted by molar-refractivity contribution is 0.476. The summed E-state index contributed by atoms with van der Waals surface area (Å²) in [7, 11) is 0. The Balaban J connectivity index is 1.75. The molecule has 0 saturated heterocycles. The number of aromatic nitrogens is 3. The van der Waals surface area contributed by atoms with Crippen LogP contribution in [0.25, 0.3) is 10.9 Å². The molecule has 0 radical (unpaired) electrons. The molecule has 0 aliphatic heterocycles. The Kier molecular flexibility index (Phi) is 4.42. The average molecular weight is 369 g/mol. The van der Waals surface area contributed by atoms with Gasteiger partial charge in [-0.3, -0.25) is 9.36 Å². The first-order valence-electron chi connectivity index (χ1n) is 7.76. The molecule has 126 valence electrons. The molecule has 0 spiro atoms. The normalized spacial score (nSPS) is 11.2. The lowest BCUT2D eigenvalue weighted by Gasteiger charge is -2.11. The van der Waals surface area contributed by atoms with Crippen LogP contribution in [0.2, 0.25) is 0 Å². The van der Waals surface area contributed by atoms with E-state index >= 15 is 0 Å². The van der Waals surface area contributed by atoms with E-state index in [0.29, 0.717) is 28.4 Å². The summed E-state index contributed by atoms with van der Waals surface area (Å²) in [6.07, 6.45) is 1.61. The van der Waals surface area contributed by atoms with Crippen LogP contribution in [0.5, 0.6) is 0 Å². The summed E-state index contributed by atoms with van der Waals surface area (Å²) in [4.78, 5) is 22.1. The van der Waals surface area contributed by atoms with Crippen molar-refractivity contribution in [3.8, 4) is 0 Å².